The Morgan fingerprint density at radius 2 is 1.89 bits per heavy atom. The van der Waals surface area contributed by atoms with Crippen molar-refractivity contribution in [2.24, 2.45) is 17.5 Å². The molecular weight excluding hydrogens is 455 g/mol. The molecule has 7 nitrogen and oxygen atoms in total. The summed E-state index contributed by atoms with van der Waals surface area (Å²) in [4.78, 5) is 16.4. The molecule has 27 heavy (non-hydrogen) atoms. The van der Waals surface area contributed by atoms with Crippen LogP contribution in [0, 0.1) is 19.3 Å². The number of rotatable bonds is 7. The topological polar surface area (TPSA) is 83.3 Å². The van der Waals surface area contributed by atoms with Crippen LogP contribution in [0.1, 0.15) is 51.6 Å². The van der Waals surface area contributed by atoms with Crippen LogP contribution < -0.4 is 16.0 Å². The summed E-state index contributed by atoms with van der Waals surface area (Å²) < 4.78 is 1.93. The summed E-state index contributed by atoms with van der Waals surface area (Å²) in [7, 11) is 1.97. The summed E-state index contributed by atoms with van der Waals surface area (Å²) in [5.41, 5.74) is 3.18. The van der Waals surface area contributed by atoms with Crippen LogP contribution in [0.2, 0.25) is 0 Å². The van der Waals surface area contributed by atoms with Gasteiger partial charge in [0.25, 0.3) is 0 Å². The molecule has 0 saturated heterocycles. The molecule has 1 unspecified atom stereocenters. The lowest BCUT2D eigenvalue weighted by Gasteiger charge is -2.19. The van der Waals surface area contributed by atoms with E-state index in [1.165, 1.54) is 11.3 Å². The first-order valence-corrected chi connectivity index (χ1v) is 9.38. The molecule has 0 radical (unpaired) electrons. The van der Waals surface area contributed by atoms with Crippen LogP contribution in [0.5, 0.6) is 0 Å². The average molecular weight is 492 g/mol. The standard InChI is InChI=1S/C19H36N6O.HI/c1-9-20-18(22-11-10-21-17(26)19(5,6)7)23-13(2)12-16-14(3)24-25(8)15(16)4;/h13H,9-12H2,1-8H3,(H,21,26)(H2,20,22,23);1H. The fraction of sp³-hybridized carbons (Fsp3) is 0.737. The van der Waals surface area contributed by atoms with E-state index in [-0.39, 0.29) is 41.3 Å². The predicted octanol–water partition coefficient (Wildman–Crippen LogP) is 2.30. The van der Waals surface area contributed by atoms with Crippen molar-refractivity contribution in [1.82, 2.24) is 25.7 Å². The molecule has 0 bridgehead atoms. The van der Waals surface area contributed by atoms with E-state index < -0.39 is 0 Å². The minimum absolute atomic E-state index is 0. The second-order valence-corrected chi connectivity index (χ2v) is 7.79. The highest BCUT2D eigenvalue weighted by Crippen LogP contribution is 2.14. The van der Waals surface area contributed by atoms with Crippen LogP contribution in [0.3, 0.4) is 0 Å². The maximum atomic E-state index is 11.9. The number of amides is 1. The number of guanidine groups is 1. The molecule has 0 saturated carbocycles. The zero-order valence-corrected chi connectivity index (χ0v) is 20.4. The third kappa shape index (κ3) is 8.49. The van der Waals surface area contributed by atoms with Crippen molar-refractivity contribution in [3.8, 4) is 0 Å². The Hall–Kier alpha value is -1.32. The zero-order valence-electron chi connectivity index (χ0n) is 18.1. The molecule has 0 aliphatic heterocycles. The molecule has 1 atom stereocenters. The fourth-order valence-electron chi connectivity index (χ4n) is 2.63. The van der Waals surface area contributed by atoms with Gasteiger partial charge in [-0.05, 0) is 39.7 Å². The van der Waals surface area contributed by atoms with Gasteiger partial charge in [-0.3, -0.25) is 14.5 Å². The lowest BCUT2D eigenvalue weighted by molar-refractivity contribution is -0.128. The molecule has 0 aromatic carbocycles. The van der Waals surface area contributed by atoms with E-state index in [2.05, 4.69) is 39.9 Å². The van der Waals surface area contributed by atoms with Crippen molar-refractivity contribution in [3.05, 3.63) is 17.0 Å². The molecule has 1 heterocycles. The van der Waals surface area contributed by atoms with Crippen LogP contribution in [0.4, 0.5) is 0 Å². The van der Waals surface area contributed by atoms with E-state index >= 15 is 0 Å². The summed E-state index contributed by atoms with van der Waals surface area (Å²) in [5, 5.41) is 14.1. The summed E-state index contributed by atoms with van der Waals surface area (Å²) >= 11 is 0. The number of aromatic nitrogens is 2. The Balaban J connectivity index is 0.00000676. The van der Waals surface area contributed by atoms with Crippen LogP contribution in [-0.2, 0) is 18.3 Å². The van der Waals surface area contributed by atoms with Crippen LogP contribution >= 0.6 is 24.0 Å². The van der Waals surface area contributed by atoms with Crippen molar-refractivity contribution in [3.63, 3.8) is 0 Å². The predicted molar refractivity (Wildman–Crippen MR) is 123 cm³/mol. The molecular formula is C19H37IN6O. The number of nitrogens with zero attached hydrogens (tertiary/aromatic N) is 3. The first-order valence-electron chi connectivity index (χ1n) is 9.38. The van der Waals surface area contributed by atoms with E-state index in [1.807, 2.05) is 46.3 Å². The number of hydrogen-bond acceptors (Lipinski definition) is 3. The largest absolute Gasteiger partial charge is 0.357 e. The number of nitrogens with one attached hydrogen (secondary N) is 3. The molecule has 0 spiro atoms. The highest BCUT2D eigenvalue weighted by atomic mass is 127. The van der Waals surface area contributed by atoms with Gasteiger partial charge in [-0.25, -0.2) is 0 Å². The van der Waals surface area contributed by atoms with Gasteiger partial charge >= 0.3 is 0 Å². The van der Waals surface area contributed by atoms with Crippen molar-refractivity contribution in [1.29, 1.82) is 0 Å². The third-order valence-electron chi connectivity index (χ3n) is 4.24. The van der Waals surface area contributed by atoms with Gasteiger partial charge in [0.1, 0.15) is 0 Å². The maximum Gasteiger partial charge on any atom is 0.225 e. The first-order chi connectivity index (χ1) is 12.1. The van der Waals surface area contributed by atoms with Crippen LogP contribution in [-0.4, -0.2) is 47.3 Å². The number of aliphatic imine (C=N–C) groups is 1. The van der Waals surface area contributed by atoms with Gasteiger partial charge < -0.3 is 16.0 Å². The van der Waals surface area contributed by atoms with E-state index in [1.54, 1.807) is 0 Å². The fourth-order valence-corrected chi connectivity index (χ4v) is 2.63. The SMILES string of the molecule is CCNC(=NCCNC(=O)C(C)(C)C)NC(C)Cc1c(C)nn(C)c1C.I. The molecule has 1 aromatic rings. The maximum absolute atomic E-state index is 11.9. The lowest BCUT2D eigenvalue weighted by atomic mass is 9.96. The summed E-state index contributed by atoms with van der Waals surface area (Å²) in [6, 6.07) is 0.221. The Morgan fingerprint density at radius 1 is 1.26 bits per heavy atom. The van der Waals surface area contributed by atoms with Gasteiger partial charge in [-0.1, -0.05) is 20.8 Å². The van der Waals surface area contributed by atoms with Gasteiger partial charge in [-0.15, -0.1) is 24.0 Å². The molecule has 0 aliphatic rings. The van der Waals surface area contributed by atoms with E-state index in [0.29, 0.717) is 13.1 Å². The Bertz CT molecular complexity index is 633. The van der Waals surface area contributed by atoms with Crippen molar-refractivity contribution < 1.29 is 4.79 Å². The smallest absolute Gasteiger partial charge is 0.225 e. The Morgan fingerprint density at radius 3 is 2.37 bits per heavy atom. The second kappa shape index (κ2) is 11.5. The molecule has 3 N–H and O–H groups in total. The van der Waals surface area contributed by atoms with Crippen molar-refractivity contribution in [2.45, 2.75) is 60.9 Å². The van der Waals surface area contributed by atoms with Gasteiger partial charge in [0, 0.05) is 37.3 Å². The van der Waals surface area contributed by atoms with Crippen molar-refractivity contribution >= 4 is 35.8 Å². The second-order valence-electron chi connectivity index (χ2n) is 7.79. The van der Waals surface area contributed by atoms with Crippen molar-refractivity contribution in [2.75, 3.05) is 19.6 Å². The van der Waals surface area contributed by atoms with Crippen LogP contribution in [0.25, 0.3) is 0 Å². The van der Waals surface area contributed by atoms with Gasteiger partial charge in [0.05, 0.1) is 12.2 Å². The minimum Gasteiger partial charge on any atom is -0.357 e. The lowest BCUT2D eigenvalue weighted by Crippen LogP contribution is -2.43. The first kappa shape index (κ1) is 25.7. The number of hydrogen-bond donors (Lipinski definition) is 3. The summed E-state index contributed by atoms with van der Waals surface area (Å²) in [6.45, 7) is 15.9. The molecule has 8 heteroatoms. The number of carbonyl (C=O) groups is 1. The zero-order chi connectivity index (χ0) is 19.9. The molecule has 1 rings (SSSR count). The Labute approximate surface area is 181 Å². The molecule has 1 aromatic heterocycles. The Kier molecular flexibility index (Phi) is 10.9. The number of halogens is 1. The van der Waals surface area contributed by atoms with E-state index in [0.717, 1.165) is 24.6 Å². The van der Waals surface area contributed by atoms with E-state index in [9.17, 15) is 4.79 Å². The third-order valence-corrected chi connectivity index (χ3v) is 4.24. The average Bonchev–Trinajstić information content (AvgIpc) is 2.76. The summed E-state index contributed by atoms with van der Waals surface area (Å²) in [5.74, 6) is 0.811. The monoisotopic (exact) mass is 492 g/mol. The molecule has 1 amide bonds. The number of carbonyl (C=O) groups excluding carboxylic acids is 1. The molecule has 0 fully saturated rings. The molecule has 0 aliphatic carbocycles. The highest BCUT2D eigenvalue weighted by Gasteiger charge is 2.20. The van der Waals surface area contributed by atoms with E-state index in [4.69, 9.17) is 0 Å². The molecule has 156 valence electrons. The quantitative estimate of drug-likeness (QED) is 0.236. The van der Waals surface area contributed by atoms with Gasteiger partial charge in [0.2, 0.25) is 5.91 Å². The normalized spacial score (nSPS) is 13.0. The van der Waals surface area contributed by atoms with Gasteiger partial charge in [-0.2, -0.15) is 5.10 Å². The van der Waals surface area contributed by atoms with Crippen LogP contribution in [0.15, 0.2) is 4.99 Å². The number of aryl methyl sites for hydroxylation is 2. The van der Waals surface area contributed by atoms with Gasteiger partial charge in [0.15, 0.2) is 5.96 Å². The summed E-state index contributed by atoms with van der Waals surface area (Å²) in [6.07, 6.45) is 0.886. The minimum atomic E-state index is -0.375. The highest BCUT2D eigenvalue weighted by molar-refractivity contribution is 14.0.